The fraction of sp³-hybridized carbons (Fsp3) is 0.625. The van der Waals surface area contributed by atoms with Crippen LogP contribution in [0.1, 0.15) is 31.2 Å². The highest BCUT2D eigenvalue weighted by Crippen LogP contribution is 2.22. The summed E-state index contributed by atoms with van der Waals surface area (Å²) in [6.07, 6.45) is 6.05. The van der Waals surface area contributed by atoms with Crippen molar-refractivity contribution < 1.29 is 4.74 Å². The van der Waals surface area contributed by atoms with E-state index in [1.807, 2.05) is 12.1 Å². The first-order valence-corrected chi connectivity index (χ1v) is 7.37. The Labute approximate surface area is 116 Å². The molecule has 0 spiro atoms. The van der Waals surface area contributed by atoms with E-state index < -0.39 is 0 Å². The number of nitrogens with two attached hydrogens (primary N) is 1. The summed E-state index contributed by atoms with van der Waals surface area (Å²) in [5, 5.41) is 3.57. The Morgan fingerprint density at radius 2 is 1.84 bits per heavy atom. The fourth-order valence-corrected chi connectivity index (χ4v) is 2.72. The Morgan fingerprint density at radius 1 is 1.16 bits per heavy atom. The van der Waals surface area contributed by atoms with Crippen molar-refractivity contribution in [2.24, 2.45) is 11.7 Å². The predicted octanol–water partition coefficient (Wildman–Crippen LogP) is 2.34. The lowest BCUT2D eigenvalue weighted by atomic mass is 9.86. The average molecular weight is 262 g/mol. The summed E-state index contributed by atoms with van der Waals surface area (Å²) in [6, 6.07) is 8.78. The first-order valence-electron chi connectivity index (χ1n) is 7.37. The summed E-state index contributed by atoms with van der Waals surface area (Å²) in [6.45, 7) is 2.19. The van der Waals surface area contributed by atoms with Crippen molar-refractivity contribution in [3.8, 4) is 5.75 Å². The van der Waals surface area contributed by atoms with Crippen LogP contribution in [0.5, 0.6) is 5.75 Å². The van der Waals surface area contributed by atoms with E-state index in [1.165, 1.54) is 31.2 Å². The van der Waals surface area contributed by atoms with Gasteiger partial charge in [0.15, 0.2) is 0 Å². The minimum Gasteiger partial charge on any atom is -0.497 e. The van der Waals surface area contributed by atoms with Crippen molar-refractivity contribution in [1.82, 2.24) is 5.32 Å². The Hall–Kier alpha value is -1.06. The van der Waals surface area contributed by atoms with Gasteiger partial charge in [-0.15, -0.1) is 0 Å². The lowest BCUT2D eigenvalue weighted by Crippen LogP contribution is -2.32. The van der Waals surface area contributed by atoms with Crippen LogP contribution in [0.25, 0.3) is 0 Å². The quantitative estimate of drug-likeness (QED) is 0.774. The molecule has 3 heteroatoms. The summed E-state index contributed by atoms with van der Waals surface area (Å²) in [5.74, 6) is 1.76. The SMILES string of the molecule is COc1ccc(CCNCC2CCC(N)CC2)cc1. The molecule has 0 radical (unpaired) electrons. The lowest BCUT2D eigenvalue weighted by molar-refractivity contribution is 0.315. The first-order chi connectivity index (χ1) is 9.28. The number of nitrogens with one attached hydrogen (secondary N) is 1. The van der Waals surface area contributed by atoms with Crippen LogP contribution in [0.2, 0.25) is 0 Å². The Balaban J connectivity index is 1.61. The molecule has 1 aliphatic rings. The molecule has 3 nitrogen and oxygen atoms in total. The highest BCUT2D eigenvalue weighted by molar-refractivity contribution is 5.27. The third kappa shape index (κ3) is 4.84. The standard InChI is InChI=1S/C16H26N2O/c1-19-16-8-4-13(5-9-16)10-11-18-12-14-2-6-15(17)7-3-14/h4-5,8-9,14-15,18H,2-3,6-7,10-12,17H2,1H3. The van der Waals surface area contributed by atoms with Crippen molar-refractivity contribution >= 4 is 0 Å². The van der Waals surface area contributed by atoms with Gasteiger partial charge in [0.25, 0.3) is 0 Å². The number of methoxy groups -OCH3 is 1. The van der Waals surface area contributed by atoms with Gasteiger partial charge < -0.3 is 15.8 Å². The second-order valence-electron chi connectivity index (χ2n) is 5.58. The Bertz CT molecular complexity index is 356. The van der Waals surface area contributed by atoms with Gasteiger partial charge in [0.2, 0.25) is 0 Å². The number of rotatable bonds is 6. The maximum Gasteiger partial charge on any atom is 0.118 e. The topological polar surface area (TPSA) is 47.3 Å². The third-order valence-electron chi connectivity index (χ3n) is 4.07. The molecule has 0 bridgehead atoms. The smallest absolute Gasteiger partial charge is 0.118 e. The molecule has 1 aromatic carbocycles. The number of hydrogen-bond acceptors (Lipinski definition) is 3. The van der Waals surface area contributed by atoms with Crippen molar-refractivity contribution in [3.63, 3.8) is 0 Å². The van der Waals surface area contributed by atoms with Gasteiger partial charge in [-0.05, 0) is 68.8 Å². The second-order valence-corrected chi connectivity index (χ2v) is 5.58. The van der Waals surface area contributed by atoms with Crippen LogP contribution >= 0.6 is 0 Å². The molecule has 19 heavy (non-hydrogen) atoms. The van der Waals surface area contributed by atoms with Gasteiger partial charge in [-0.1, -0.05) is 12.1 Å². The first kappa shape index (κ1) is 14.4. The zero-order valence-electron chi connectivity index (χ0n) is 11.9. The maximum atomic E-state index is 5.92. The molecule has 0 amide bonds. The van der Waals surface area contributed by atoms with Gasteiger partial charge in [0, 0.05) is 6.04 Å². The predicted molar refractivity (Wildman–Crippen MR) is 79.5 cm³/mol. The number of hydrogen-bond donors (Lipinski definition) is 2. The van der Waals surface area contributed by atoms with Gasteiger partial charge >= 0.3 is 0 Å². The molecular formula is C16H26N2O. The lowest BCUT2D eigenvalue weighted by Gasteiger charge is -2.26. The molecule has 0 atom stereocenters. The largest absolute Gasteiger partial charge is 0.497 e. The van der Waals surface area contributed by atoms with E-state index >= 15 is 0 Å². The second kappa shape index (κ2) is 7.51. The molecule has 2 rings (SSSR count). The molecule has 106 valence electrons. The number of ether oxygens (including phenoxy) is 1. The van der Waals surface area contributed by atoms with Gasteiger partial charge in [-0.25, -0.2) is 0 Å². The van der Waals surface area contributed by atoms with Crippen molar-refractivity contribution in [2.45, 2.75) is 38.1 Å². The summed E-state index contributed by atoms with van der Waals surface area (Å²) >= 11 is 0. The zero-order valence-corrected chi connectivity index (χ0v) is 11.9. The highest BCUT2D eigenvalue weighted by Gasteiger charge is 2.17. The van der Waals surface area contributed by atoms with Crippen LogP contribution in [0.3, 0.4) is 0 Å². The van der Waals surface area contributed by atoms with E-state index in [0.717, 1.165) is 31.2 Å². The van der Waals surface area contributed by atoms with Gasteiger partial charge in [-0.2, -0.15) is 0 Å². The Kier molecular flexibility index (Phi) is 5.67. The molecule has 0 unspecified atom stereocenters. The molecule has 0 saturated heterocycles. The average Bonchev–Trinajstić information content (AvgIpc) is 2.46. The van der Waals surface area contributed by atoms with Gasteiger partial charge in [-0.3, -0.25) is 0 Å². The van der Waals surface area contributed by atoms with Crippen LogP contribution in [0.4, 0.5) is 0 Å². The number of benzene rings is 1. The molecule has 1 aromatic rings. The maximum absolute atomic E-state index is 5.92. The molecule has 1 aliphatic carbocycles. The van der Waals surface area contributed by atoms with Crippen LogP contribution < -0.4 is 15.8 Å². The van der Waals surface area contributed by atoms with Crippen molar-refractivity contribution in [2.75, 3.05) is 20.2 Å². The molecule has 0 heterocycles. The van der Waals surface area contributed by atoms with Gasteiger partial charge in [0.1, 0.15) is 5.75 Å². The Morgan fingerprint density at radius 3 is 2.47 bits per heavy atom. The van der Waals surface area contributed by atoms with Crippen molar-refractivity contribution in [1.29, 1.82) is 0 Å². The molecule has 1 saturated carbocycles. The summed E-state index contributed by atoms with van der Waals surface area (Å²) in [7, 11) is 1.70. The summed E-state index contributed by atoms with van der Waals surface area (Å²) in [4.78, 5) is 0. The van der Waals surface area contributed by atoms with E-state index in [2.05, 4.69) is 17.4 Å². The third-order valence-corrected chi connectivity index (χ3v) is 4.07. The van der Waals surface area contributed by atoms with Crippen LogP contribution in [-0.2, 0) is 6.42 Å². The highest BCUT2D eigenvalue weighted by atomic mass is 16.5. The van der Waals surface area contributed by atoms with Crippen LogP contribution in [0.15, 0.2) is 24.3 Å². The molecule has 0 aromatic heterocycles. The molecular weight excluding hydrogens is 236 g/mol. The zero-order chi connectivity index (χ0) is 13.5. The molecule has 1 fully saturated rings. The normalized spacial score (nSPS) is 23.3. The monoisotopic (exact) mass is 262 g/mol. The van der Waals surface area contributed by atoms with Gasteiger partial charge in [0.05, 0.1) is 7.11 Å². The minimum absolute atomic E-state index is 0.454. The van der Waals surface area contributed by atoms with E-state index in [-0.39, 0.29) is 0 Å². The fourth-order valence-electron chi connectivity index (χ4n) is 2.72. The van der Waals surface area contributed by atoms with E-state index in [9.17, 15) is 0 Å². The summed E-state index contributed by atoms with van der Waals surface area (Å²) in [5.41, 5.74) is 7.28. The van der Waals surface area contributed by atoms with Crippen molar-refractivity contribution in [3.05, 3.63) is 29.8 Å². The minimum atomic E-state index is 0.454. The van der Waals surface area contributed by atoms with E-state index in [1.54, 1.807) is 7.11 Å². The van der Waals surface area contributed by atoms with E-state index in [4.69, 9.17) is 10.5 Å². The van der Waals surface area contributed by atoms with E-state index in [0.29, 0.717) is 6.04 Å². The molecule has 0 aliphatic heterocycles. The van der Waals surface area contributed by atoms with Crippen LogP contribution in [-0.4, -0.2) is 26.2 Å². The van der Waals surface area contributed by atoms with Crippen LogP contribution in [0, 0.1) is 5.92 Å². The molecule has 3 N–H and O–H groups in total. The summed E-state index contributed by atoms with van der Waals surface area (Å²) < 4.78 is 5.16.